The molecular weight excluding hydrogens is 400 g/mol. The number of piperidine rings is 1. The Balaban J connectivity index is 1.98. The number of hydrogen-bond acceptors (Lipinski definition) is 3. The third kappa shape index (κ3) is 7.71. The number of benzene rings is 1. The highest BCUT2D eigenvalue weighted by molar-refractivity contribution is 6.30. The third-order valence-corrected chi connectivity index (χ3v) is 4.55. The summed E-state index contributed by atoms with van der Waals surface area (Å²) in [6, 6.07) is 4.50. The summed E-state index contributed by atoms with van der Waals surface area (Å²) in [6.07, 6.45) is -0.895. The zero-order valence-electron chi connectivity index (χ0n) is 15.6. The van der Waals surface area contributed by atoms with Crippen molar-refractivity contribution in [3.8, 4) is 5.75 Å². The first-order chi connectivity index (χ1) is 13.4. The molecule has 10 heteroatoms. The number of nitrogens with zero attached hydrogens (tertiary/aromatic N) is 2. The van der Waals surface area contributed by atoms with Gasteiger partial charge in [-0.15, -0.1) is 0 Å². The van der Waals surface area contributed by atoms with Crippen LogP contribution in [0.1, 0.15) is 25.3 Å². The molecule has 28 heavy (non-hydrogen) atoms. The quantitative estimate of drug-likeness (QED) is 0.379. The van der Waals surface area contributed by atoms with Crippen molar-refractivity contribution in [1.82, 2.24) is 15.5 Å². The predicted octanol–water partition coefficient (Wildman–Crippen LogP) is 3.73. The lowest BCUT2D eigenvalue weighted by atomic mass is 10.1. The Morgan fingerprint density at radius 3 is 2.61 bits per heavy atom. The second-order valence-electron chi connectivity index (χ2n) is 6.44. The average molecular weight is 425 g/mol. The maximum atomic E-state index is 12.6. The molecule has 1 saturated heterocycles. The van der Waals surface area contributed by atoms with Gasteiger partial charge in [-0.25, -0.2) is 13.8 Å². The molecule has 0 saturated carbocycles. The number of ether oxygens (including phenoxy) is 1. The first kappa shape index (κ1) is 22.5. The van der Waals surface area contributed by atoms with Gasteiger partial charge in [-0.2, -0.15) is 8.78 Å². The summed E-state index contributed by atoms with van der Waals surface area (Å²) >= 11 is 5.95. The van der Waals surface area contributed by atoms with Crippen LogP contribution in [0.25, 0.3) is 0 Å². The molecule has 0 amide bonds. The zero-order valence-corrected chi connectivity index (χ0v) is 16.4. The molecule has 0 bridgehead atoms. The van der Waals surface area contributed by atoms with Gasteiger partial charge in [-0.1, -0.05) is 11.6 Å². The Labute approximate surface area is 167 Å². The molecule has 1 aliphatic rings. The van der Waals surface area contributed by atoms with Crippen molar-refractivity contribution in [2.75, 3.05) is 26.2 Å². The van der Waals surface area contributed by atoms with E-state index in [9.17, 15) is 17.6 Å². The van der Waals surface area contributed by atoms with E-state index in [1.54, 1.807) is 4.90 Å². The van der Waals surface area contributed by atoms with Gasteiger partial charge >= 0.3 is 6.61 Å². The number of nitrogens with one attached hydrogen (secondary N) is 2. The molecule has 1 fully saturated rings. The van der Waals surface area contributed by atoms with E-state index < -0.39 is 13.0 Å². The van der Waals surface area contributed by atoms with Gasteiger partial charge in [0.25, 0.3) is 6.43 Å². The van der Waals surface area contributed by atoms with Crippen molar-refractivity contribution in [2.45, 2.75) is 45.4 Å². The van der Waals surface area contributed by atoms with E-state index in [0.29, 0.717) is 49.0 Å². The SMILES string of the molecule is CCNC(=NCc1cc(Cl)ccc1OC(F)F)NC1CCN(CC(F)F)CC1. The first-order valence-corrected chi connectivity index (χ1v) is 9.53. The summed E-state index contributed by atoms with van der Waals surface area (Å²) in [5, 5.41) is 6.78. The number of likely N-dealkylation sites (tertiary alicyclic amines) is 1. The van der Waals surface area contributed by atoms with Gasteiger partial charge in [0.1, 0.15) is 5.75 Å². The molecule has 1 heterocycles. The molecule has 0 unspecified atom stereocenters. The largest absolute Gasteiger partial charge is 0.434 e. The molecule has 1 aromatic carbocycles. The molecule has 1 aliphatic heterocycles. The number of aliphatic imine (C=N–C) groups is 1. The minimum absolute atomic E-state index is 0.0271. The van der Waals surface area contributed by atoms with Crippen LogP contribution in [0.2, 0.25) is 5.02 Å². The molecule has 158 valence electrons. The van der Waals surface area contributed by atoms with Crippen LogP contribution in [0.3, 0.4) is 0 Å². The van der Waals surface area contributed by atoms with Crippen LogP contribution in [-0.2, 0) is 6.54 Å². The number of guanidine groups is 1. The fraction of sp³-hybridized carbons (Fsp3) is 0.611. The van der Waals surface area contributed by atoms with Crippen molar-refractivity contribution in [3.63, 3.8) is 0 Å². The summed E-state index contributed by atoms with van der Waals surface area (Å²) in [5.74, 6) is 0.553. The van der Waals surface area contributed by atoms with Crippen LogP contribution in [-0.4, -0.2) is 56.1 Å². The molecule has 0 radical (unpaired) electrons. The van der Waals surface area contributed by atoms with Gasteiger partial charge in [-0.05, 0) is 38.0 Å². The summed E-state index contributed by atoms with van der Waals surface area (Å²) in [4.78, 5) is 6.17. The standard InChI is InChI=1S/C18H25ClF4N4O/c1-2-24-18(26-14-5-7-27(8-6-14)11-16(20)21)25-10-12-9-13(19)3-4-15(12)28-17(22)23/h3-4,9,14,16-17H,2,5-8,10-11H2,1H3,(H2,24,25,26). The normalized spacial score (nSPS) is 16.6. The molecule has 0 spiro atoms. The van der Waals surface area contributed by atoms with Crippen molar-refractivity contribution >= 4 is 17.6 Å². The molecule has 0 aromatic heterocycles. The maximum Gasteiger partial charge on any atom is 0.387 e. The molecule has 0 aliphatic carbocycles. The van der Waals surface area contributed by atoms with Crippen molar-refractivity contribution in [3.05, 3.63) is 28.8 Å². The molecule has 2 rings (SSSR count). The minimum Gasteiger partial charge on any atom is -0.434 e. The van der Waals surface area contributed by atoms with Crippen LogP contribution in [0.5, 0.6) is 5.75 Å². The Morgan fingerprint density at radius 1 is 1.29 bits per heavy atom. The molecule has 1 aromatic rings. The van der Waals surface area contributed by atoms with Crippen LogP contribution in [0, 0.1) is 0 Å². The number of halogens is 5. The van der Waals surface area contributed by atoms with E-state index in [1.807, 2.05) is 6.92 Å². The van der Waals surface area contributed by atoms with Crippen LogP contribution in [0.4, 0.5) is 17.6 Å². The second-order valence-corrected chi connectivity index (χ2v) is 6.87. The Hall–Kier alpha value is -1.74. The lowest BCUT2D eigenvalue weighted by molar-refractivity contribution is -0.0504. The van der Waals surface area contributed by atoms with E-state index in [0.717, 1.165) is 0 Å². The lowest BCUT2D eigenvalue weighted by Gasteiger charge is -2.32. The Kier molecular flexibility index (Phi) is 9.11. The lowest BCUT2D eigenvalue weighted by Crippen LogP contribution is -2.49. The van der Waals surface area contributed by atoms with Gasteiger partial charge in [0.05, 0.1) is 13.1 Å². The minimum atomic E-state index is -2.94. The number of hydrogen-bond donors (Lipinski definition) is 2. The Morgan fingerprint density at radius 2 is 2.00 bits per heavy atom. The van der Waals surface area contributed by atoms with Crippen LogP contribution in [0.15, 0.2) is 23.2 Å². The first-order valence-electron chi connectivity index (χ1n) is 9.16. The highest BCUT2D eigenvalue weighted by atomic mass is 35.5. The highest BCUT2D eigenvalue weighted by Gasteiger charge is 2.22. The molecule has 0 atom stereocenters. The Bertz CT molecular complexity index is 640. The maximum absolute atomic E-state index is 12.6. The smallest absolute Gasteiger partial charge is 0.387 e. The van der Waals surface area contributed by atoms with Crippen molar-refractivity contribution < 1.29 is 22.3 Å². The third-order valence-electron chi connectivity index (χ3n) is 4.31. The van der Waals surface area contributed by atoms with Gasteiger partial charge in [-0.3, -0.25) is 4.90 Å². The van der Waals surface area contributed by atoms with E-state index >= 15 is 0 Å². The topological polar surface area (TPSA) is 48.9 Å². The summed E-state index contributed by atoms with van der Waals surface area (Å²) in [6.45, 7) is 0.655. The average Bonchev–Trinajstić information content (AvgIpc) is 2.62. The van der Waals surface area contributed by atoms with Crippen molar-refractivity contribution in [2.24, 2.45) is 4.99 Å². The highest BCUT2D eigenvalue weighted by Crippen LogP contribution is 2.25. The summed E-state index contributed by atoms with van der Waals surface area (Å²) in [5.41, 5.74) is 0.441. The molecular formula is C18H25ClF4N4O. The predicted molar refractivity (Wildman–Crippen MR) is 102 cm³/mol. The fourth-order valence-corrected chi connectivity index (χ4v) is 3.21. The summed E-state index contributed by atoms with van der Waals surface area (Å²) in [7, 11) is 0. The number of rotatable bonds is 8. The van der Waals surface area contributed by atoms with Gasteiger partial charge in [0.15, 0.2) is 5.96 Å². The van der Waals surface area contributed by atoms with E-state index in [4.69, 9.17) is 11.6 Å². The second kappa shape index (κ2) is 11.3. The van der Waals surface area contributed by atoms with Gasteiger partial charge < -0.3 is 15.4 Å². The molecule has 5 nitrogen and oxygen atoms in total. The van der Waals surface area contributed by atoms with E-state index in [-0.39, 0.29) is 24.9 Å². The van der Waals surface area contributed by atoms with Gasteiger partial charge in [0, 0.05) is 36.3 Å². The van der Waals surface area contributed by atoms with E-state index in [2.05, 4.69) is 20.4 Å². The van der Waals surface area contributed by atoms with Crippen molar-refractivity contribution in [1.29, 1.82) is 0 Å². The molecule has 2 N–H and O–H groups in total. The zero-order chi connectivity index (χ0) is 20.5. The van der Waals surface area contributed by atoms with E-state index in [1.165, 1.54) is 18.2 Å². The fourth-order valence-electron chi connectivity index (χ4n) is 3.02. The monoisotopic (exact) mass is 424 g/mol. The van der Waals surface area contributed by atoms with Crippen LogP contribution >= 0.6 is 11.6 Å². The van der Waals surface area contributed by atoms with Gasteiger partial charge in [0.2, 0.25) is 0 Å². The van der Waals surface area contributed by atoms with Crippen LogP contribution < -0.4 is 15.4 Å². The number of alkyl halides is 4. The summed E-state index contributed by atoms with van der Waals surface area (Å²) < 4.78 is 54.6.